The fourth-order valence-electron chi connectivity index (χ4n) is 0.497. The van der Waals surface area contributed by atoms with Crippen LogP contribution in [0.1, 0.15) is 12.8 Å². The molecule has 1 fully saturated rings. The molecule has 2 nitrogen and oxygen atoms in total. The van der Waals surface area contributed by atoms with Crippen molar-refractivity contribution in [3.05, 3.63) is 0 Å². The van der Waals surface area contributed by atoms with Crippen molar-refractivity contribution in [2.75, 3.05) is 7.11 Å². The lowest BCUT2D eigenvalue weighted by atomic mass is 10.4. The maximum atomic E-state index is 12.4. The Morgan fingerprint density at radius 3 is 2.38 bits per heavy atom. The molecule has 0 spiro atoms. The first-order valence-electron chi connectivity index (χ1n) is 2.46. The summed E-state index contributed by atoms with van der Waals surface area (Å²) in [5, 5.41) is 0. The van der Waals surface area contributed by atoms with Crippen molar-refractivity contribution in [3.8, 4) is 0 Å². The van der Waals surface area contributed by atoms with Crippen LogP contribution in [0.5, 0.6) is 0 Å². The number of ether oxygens (including phenoxy) is 1. The van der Waals surface area contributed by atoms with Crippen LogP contribution in [0.3, 0.4) is 0 Å². The number of halogens is 1. The highest BCUT2D eigenvalue weighted by molar-refractivity contribution is 5.82. The van der Waals surface area contributed by atoms with Gasteiger partial charge in [-0.15, -0.1) is 0 Å². The third-order valence-corrected chi connectivity index (χ3v) is 1.24. The Labute approximate surface area is 46.6 Å². The van der Waals surface area contributed by atoms with Crippen molar-refractivity contribution in [1.82, 2.24) is 0 Å². The van der Waals surface area contributed by atoms with E-state index in [-0.39, 0.29) is 0 Å². The smallest absolute Gasteiger partial charge is 0.343 e. The predicted octanol–water partition coefficient (Wildman–Crippen LogP) is 0.661. The third-order valence-electron chi connectivity index (χ3n) is 1.24. The number of carbonyl (C=O) groups is 1. The molecule has 0 unspecified atom stereocenters. The van der Waals surface area contributed by atoms with Gasteiger partial charge in [0, 0.05) is 0 Å². The van der Waals surface area contributed by atoms with Gasteiger partial charge in [-0.2, -0.15) is 0 Å². The average Bonchev–Trinajstić information content (AvgIpc) is 2.47. The molecule has 0 amide bonds. The Bertz CT molecular complexity index is 118. The SMILES string of the molecule is COC(=O)C1(F)CC1. The molecule has 1 aliphatic carbocycles. The number of rotatable bonds is 1. The monoisotopic (exact) mass is 118 g/mol. The minimum absolute atomic E-state index is 0.333. The van der Waals surface area contributed by atoms with Gasteiger partial charge in [-0.1, -0.05) is 0 Å². The van der Waals surface area contributed by atoms with E-state index in [2.05, 4.69) is 4.74 Å². The molecule has 0 aromatic heterocycles. The molecule has 0 aromatic rings. The maximum Gasteiger partial charge on any atom is 0.343 e. The molecule has 0 N–H and O–H groups in total. The molecular weight excluding hydrogens is 111 g/mol. The summed E-state index contributed by atoms with van der Waals surface area (Å²) < 4.78 is 16.6. The van der Waals surface area contributed by atoms with Crippen molar-refractivity contribution in [3.63, 3.8) is 0 Å². The second kappa shape index (κ2) is 1.44. The van der Waals surface area contributed by atoms with E-state index in [0.717, 1.165) is 0 Å². The normalized spacial score (nSPS) is 22.2. The Morgan fingerprint density at radius 1 is 1.75 bits per heavy atom. The Balaban J connectivity index is 2.46. The minimum atomic E-state index is -1.60. The fraction of sp³-hybridized carbons (Fsp3) is 0.800. The molecule has 0 aliphatic heterocycles. The van der Waals surface area contributed by atoms with Crippen molar-refractivity contribution < 1.29 is 13.9 Å². The molecule has 0 atom stereocenters. The molecule has 8 heavy (non-hydrogen) atoms. The highest BCUT2D eigenvalue weighted by atomic mass is 19.1. The van der Waals surface area contributed by atoms with Crippen LogP contribution in [-0.2, 0) is 9.53 Å². The van der Waals surface area contributed by atoms with Crippen LogP contribution in [0.4, 0.5) is 4.39 Å². The number of hydrogen-bond acceptors (Lipinski definition) is 2. The third kappa shape index (κ3) is 0.680. The second-order valence-electron chi connectivity index (χ2n) is 1.96. The standard InChI is InChI=1S/C5H7FO2/c1-8-4(7)5(6)2-3-5/h2-3H2,1H3. The molecule has 46 valence electrons. The minimum Gasteiger partial charge on any atom is -0.467 e. The van der Waals surface area contributed by atoms with Crippen molar-refractivity contribution >= 4 is 5.97 Å². The Kier molecular flexibility index (Phi) is 0.994. The first kappa shape index (κ1) is 5.54. The summed E-state index contributed by atoms with van der Waals surface area (Å²) in [5.74, 6) is -0.725. The van der Waals surface area contributed by atoms with Crippen LogP contribution in [0.15, 0.2) is 0 Å². The summed E-state index contributed by atoms with van der Waals surface area (Å²) in [7, 11) is 1.20. The van der Waals surface area contributed by atoms with E-state index >= 15 is 0 Å². The van der Waals surface area contributed by atoms with Gasteiger partial charge in [-0.05, 0) is 12.8 Å². The van der Waals surface area contributed by atoms with E-state index < -0.39 is 11.6 Å². The van der Waals surface area contributed by atoms with E-state index in [1.165, 1.54) is 7.11 Å². The molecule has 0 heterocycles. The van der Waals surface area contributed by atoms with Gasteiger partial charge in [0.05, 0.1) is 7.11 Å². The van der Waals surface area contributed by atoms with Gasteiger partial charge in [-0.3, -0.25) is 0 Å². The lowest BCUT2D eigenvalue weighted by Crippen LogP contribution is -2.17. The Hall–Kier alpha value is -0.600. The van der Waals surface area contributed by atoms with Crippen molar-refractivity contribution in [2.24, 2.45) is 0 Å². The lowest BCUT2D eigenvalue weighted by molar-refractivity contribution is -0.148. The topological polar surface area (TPSA) is 26.3 Å². The van der Waals surface area contributed by atoms with E-state index in [9.17, 15) is 9.18 Å². The quantitative estimate of drug-likeness (QED) is 0.473. The summed E-state index contributed by atoms with van der Waals surface area (Å²) in [6.07, 6.45) is 0.666. The van der Waals surface area contributed by atoms with Gasteiger partial charge in [0.2, 0.25) is 5.67 Å². The molecule has 1 aliphatic rings. The van der Waals surface area contributed by atoms with Crippen LogP contribution < -0.4 is 0 Å². The number of esters is 1. The molecule has 3 heteroatoms. The van der Waals surface area contributed by atoms with Crippen molar-refractivity contribution in [1.29, 1.82) is 0 Å². The molecule has 0 aromatic carbocycles. The zero-order valence-electron chi connectivity index (χ0n) is 4.61. The fourth-order valence-corrected chi connectivity index (χ4v) is 0.497. The van der Waals surface area contributed by atoms with E-state index in [4.69, 9.17) is 0 Å². The molecule has 1 rings (SSSR count). The van der Waals surface area contributed by atoms with E-state index in [1.54, 1.807) is 0 Å². The lowest BCUT2D eigenvalue weighted by Gasteiger charge is -1.98. The largest absolute Gasteiger partial charge is 0.467 e. The summed E-state index contributed by atoms with van der Waals surface area (Å²) in [6, 6.07) is 0. The number of alkyl halides is 1. The average molecular weight is 118 g/mol. The highest BCUT2D eigenvalue weighted by Gasteiger charge is 2.52. The van der Waals surface area contributed by atoms with Gasteiger partial charge < -0.3 is 4.74 Å². The van der Waals surface area contributed by atoms with Crippen LogP contribution in [0.25, 0.3) is 0 Å². The summed E-state index contributed by atoms with van der Waals surface area (Å²) >= 11 is 0. The van der Waals surface area contributed by atoms with E-state index in [1.807, 2.05) is 0 Å². The predicted molar refractivity (Wildman–Crippen MR) is 25.1 cm³/mol. The molecule has 0 radical (unpaired) electrons. The van der Waals surface area contributed by atoms with Crippen LogP contribution in [0, 0.1) is 0 Å². The number of methoxy groups -OCH3 is 1. The van der Waals surface area contributed by atoms with Gasteiger partial charge in [0.25, 0.3) is 0 Å². The molecule has 1 saturated carbocycles. The zero-order chi connectivity index (χ0) is 6.20. The second-order valence-corrected chi connectivity index (χ2v) is 1.96. The van der Waals surface area contributed by atoms with Crippen molar-refractivity contribution in [2.45, 2.75) is 18.5 Å². The molecular formula is C5H7FO2. The van der Waals surface area contributed by atoms with Crippen LogP contribution in [-0.4, -0.2) is 18.7 Å². The summed E-state index contributed by atoms with van der Waals surface area (Å²) in [4.78, 5) is 10.3. The molecule has 0 saturated heterocycles. The van der Waals surface area contributed by atoms with Gasteiger partial charge in [-0.25, -0.2) is 9.18 Å². The van der Waals surface area contributed by atoms with E-state index in [0.29, 0.717) is 12.8 Å². The first-order chi connectivity index (χ1) is 3.69. The highest BCUT2D eigenvalue weighted by Crippen LogP contribution is 2.40. The summed E-state index contributed by atoms with van der Waals surface area (Å²) in [5.41, 5.74) is -1.60. The first-order valence-corrected chi connectivity index (χ1v) is 2.46. The maximum absolute atomic E-state index is 12.4. The van der Waals surface area contributed by atoms with Gasteiger partial charge >= 0.3 is 5.97 Å². The van der Waals surface area contributed by atoms with Crippen LogP contribution in [0.2, 0.25) is 0 Å². The van der Waals surface area contributed by atoms with Gasteiger partial charge in [0.1, 0.15) is 0 Å². The number of carbonyl (C=O) groups excluding carboxylic acids is 1. The van der Waals surface area contributed by atoms with Crippen LogP contribution >= 0.6 is 0 Å². The summed E-state index contributed by atoms with van der Waals surface area (Å²) in [6.45, 7) is 0. The zero-order valence-corrected chi connectivity index (χ0v) is 4.61. The number of hydrogen-bond donors (Lipinski definition) is 0. The van der Waals surface area contributed by atoms with Gasteiger partial charge in [0.15, 0.2) is 0 Å². The molecule has 0 bridgehead atoms. The Morgan fingerprint density at radius 2 is 2.25 bits per heavy atom.